The van der Waals surface area contributed by atoms with Gasteiger partial charge in [-0.3, -0.25) is 9.48 Å². The van der Waals surface area contributed by atoms with E-state index in [4.69, 9.17) is 23.2 Å². The van der Waals surface area contributed by atoms with Crippen molar-refractivity contribution >= 4 is 34.8 Å². The molecule has 9 heteroatoms. The van der Waals surface area contributed by atoms with Gasteiger partial charge in [0.05, 0.1) is 11.9 Å². The van der Waals surface area contributed by atoms with Gasteiger partial charge in [-0.15, -0.1) is 0 Å². The molecule has 3 aromatic rings. The molecule has 3 rings (SSSR count). The molecule has 0 unspecified atom stereocenters. The lowest BCUT2D eigenvalue weighted by atomic mass is 10.3. The van der Waals surface area contributed by atoms with Crippen LogP contribution in [0.4, 0.5) is 0 Å². The second-order valence-corrected chi connectivity index (χ2v) is 6.59. The van der Waals surface area contributed by atoms with Gasteiger partial charge >= 0.3 is 0 Å². The van der Waals surface area contributed by atoms with Crippen LogP contribution in [0.2, 0.25) is 10.2 Å². The molecule has 0 aliphatic heterocycles. The van der Waals surface area contributed by atoms with Gasteiger partial charge in [0.2, 0.25) is 0 Å². The molecule has 1 amide bonds. The lowest BCUT2D eigenvalue weighted by Crippen LogP contribution is -2.25. The molecule has 0 atom stereocenters. The monoisotopic (exact) mass is 380 g/mol. The number of fused-ring (bicyclic) bond motifs is 1. The van der Waals surface area contributed by atoms with E-state index in [1.165, 1.54) is 6.20 Å². The van der Waals surface area contributed by atoms with E-state index in [-0.39, 0.29) is 5.91 Å². The van der Waals surface area contributed by atoms with Crippen molar-refractivity contribution in [2.45, 2.75) is 33.7 Å². The van der Waals surface area contributed by atoms with E-state index in [1.54, 1.807) is 16.1 Å². The van der Waals surface area contributed by atoms with Gasteiger partial charge in [-0.1, -0.05) is 23.2 Å². The Labute approximate surface area is 154 Å². The predicted octanol–water partition coefficient (Wildman–Crippen LogP) is 2.98. The summed E-state index contributed by atoms with van der Waals surface area (Å²) in [6.07, 6.45) is 2.21. The fraction of sp³-hybridized carbons (Fsp3) is 0.375. The standard InChI is InChI=1S/C16H18Cl2N6O/c1-9-7-10(2)24-15(21-9)12(8-20-24)16(25)19-5-4-6-23-14(18)13(17)11(3)22-23/h7-8H,4-6H2,1-3H3,(H,19,25). The summed E-state index contributed by atoms with van der Waals surface area (Å²) in [5.41, 5.74) is 3.50. The van der Waals surface area contributed by atoms with Crippen LogP contribution >= 0.6 is 23.2 Å². The van der Waals surface area contributed by atoms with Crippen LogP contribution in [0.3, 0.4) is 0 Å². The number of hydrogen-bond acceptors (Lipinski definition) is 4. The molecule has 0 saturated carbocycles. The Hall–Kier alpha value is -2.12. The molecule has 7 nitrogen and oxygen atoms in total. The number of nitrogens with zero attached hydrogens (tertiary/aromatic N) is 5. The molecule has 0 saturated heterocycles. The Balaban J connectivity index is 1.62. The fourth-order valence-corrected chi connectivity index (χ4v) is 3.03. The van der Waals surface area contributed by atoms with E-state index in [0.29, 0.717) is 46.6 Å². The van der Waals surface area contributed by atoms with Crippen molar-refractivity contribution in [3.63, 3.8) is 0 Å². The zero-order valence-electron chi connectivity index (χ0n) is 14.2. The first kappa shape index (κ1) is 17.7. The Morgan fingerprint density at radius 1 is 1.28 bits per heavy atom. The van der Waals surface area contributed by atoms with Crippen LogP contribution in [0.15, 0.2) is 12.3 Å². The highest BCUT2D eigenvalue weighted by Gasteiger charge is 2.15. The summed E-state index contributed by atoms with van der Waals surface area (Å²) in [4.78, 5) is 16.8. The molecular formula is C16H18Cl2N6O. The van der Waals surface area contributed by atoms with Crippen molar-refractivity contribution < 1.29 is 4.79 Å². The molecule has 3 heterocycles. The first-order chi connectivity index (χ1) is 11.9. The van der Waals surface area contributed by atoms with Crippen LogP contribution in [-0.4, -0.2) is 36.8 Å². The second-order valence-electron chi connectivity index (χ2n) is 5.86. The Morgan fingerprint density at radius 2 is 2.04 bits per heavy atom. The van der Waals surface area contributed by atoms with Gasteiger partial charge in [-0.25, -0.2) is 9.50 Å². The van der Waals surface area contributed by atoms with E-state index in [2.05, 4.69) is 20.5 Å². The van der Waals surface area contributed by atoms with Crippen LogP contribution in [0.1, 0.15) is 33.9 Å². The summed E-state index contributed by atoms with van der Waals surface area (Å²) in [6.45, 7) is 6.67. The third-order valence-electron chi connectivity index (χ3n) is 3.85. The summed E-state index contributed by atoms with van der Waals surface area (Å²) >= 11 is 12.1. The van der Waals surface area contributed by atoms with Crippen molar-refractivity contribution in [3.8, 4) is 0 Å². The first-order valence-corrected chi connectivity index (χ1v) is 8.62. The lowest BCUT2D eigenvalue weighted by molar-refractivity contribution is 0.0954. The minimum absolute atomic E-state index is 0.201. The highest BCUT2D eigenvalue weighted by Crippen LogP contribution is 2.24. The quantitative estimate of drug-likeness (QED) is 0.690. The molecule has 0 radical (unpaired) electrons. The van der Waals surface area contributed by atoms with Gasteiger partial charge in [0.15, 0.2) is 5.65 Å². The third kappa shape index (κ3) is 3.48. The zero-order chi connectivity index (χ0) is 18.1. The van der Waals surface area contributed by atoms with E-state index in [9.17, 15) is 4.79 Å². The number of aromatic nitrogens is 5. The summed E-state index contributed by atoms with van der Waals surface area (Å²) < 4.78 is 3.30. The van der Waals surface area contributed by atoms with E-state index in [0.717, 1.165) is 11.4 Å². The molecule has 3 aromatic heterocycles. The average Bonchev–Trinajstić information content (AvgIpc) is 3.09. The van der Waals surface area contributed by atoms with Gasteiger partial charge in [0.25, 0.3) is 5.91 Å². The molecule has 132 valence electrons. The van der Waals surface area contributed by atoms with Gasteiger partial charge in [0, 0.05) is 24.5 Å². The third-order valence-corrected chi connectivity index (χ3v) is 4.78. The molecule has 0 aliphatic rings. The van der Waals surface area contributed by atoms with Gasteiger partial charge in [0.1, 0.15) is 15.7 Å². The van der Waals surface area contributed by atoms with Gasteiger partial charge in [-0.05, 0) is 33.3 Å². The van der Waals surface area contributed by atoms with Crippen molar-refractivity contribution in [1.82, 2.24) is 29.7 Å². The molecule has 0 aromatic carbocycles. The first-order valence-electron chi connectivity index (χ1n) is 7.87. The maximum Gasteiger partial charge on any atom is 0.256 e. The number of aryl methyl sites for hydroxylation is 4. The fourth-order valence-electron chi connectivity index (χ4n) is 2.64. The molecule has 0 fully saturated rings. The van der Waals surface area contributed by atoms with E-state index >= 15 is 0 Å². The maximum atomic E-state index is 12.4. The summed E-state index contributed by atoms with van der Waals surface area (Å²) in [5.74, 6) is -0.201. The SMILES string of the molecule is Cc1cc(C)n2ncc(C(=O)NCCCn3nc(C)c(Cl)c3Cl)c2n1. The lowest BCUT2D eigenvalue weighted by Gasteiger charge is -2.06. The Kier molecular flexibility index (Phi) is 4.96. The summed E-state index contributed by atoms with van der Waals surface area (Å²) in [6, 6.07) is 1.92. The predicted molar refractivity (Wildman–Crippen MR) is 96.4 cm³/mol. The minimum Gasteiger partial charge on any atom is -0.352 e. The second kappa shape index (κ2) is 7.01. The van der Waals surface area contributed by atoms with Crippen molar-refractivity contribution in [2.75, 3.05) is 6.54 Å². The minimum atomic E-state index is -0.201. The maximum absolute atomic E-state index is 12.4. The highest BCUT2D eigenvalue weighted by atomic mass is 35.5. The van der Waals surface area contributed by atoms with Crippen molar-refractivity contribution in [3.05, 3.63) is 45.1 Å². The number of amides is 1. The Morgan fingerprint density at radius 3 is 2.72 bits per heavy atom. The van der Waals surface area contributed by atoms with E-state index < -0.39 is 0 Å². The van der Waals surface area contributed by atoms with Crippen LogP contribution < -0.4 is 5.32 Å². The smallest absolute Gasteiger partial charge is 0.256 e. The number of carbonyl (C=O) groups excluding carboxylic acids is 1. The van der Waals surface area contributed by atoms with Gasteiger partial charge in [-0.2, -0.15) is 10.2 Å². The zero-order valence-corrected chi connectivity index (χ0v) is 15.7. The number of rotatable bonds is 5. The van der Waals surface area contributed by atoms with Crippen LogP contribution in [0.5, 0.6) is 0 Å². The van der Waals surface area contributed by atoms with Crippen molar-refractivity contribution in [1.29, 1.82) is 0 Å². The largest absolute Gasteiger partial charge is 0.352 e. The van der Waals surface area contributed by atoms with Crippen LogP contribution in [-0.2, 0) is 6.54 Å². The molecule has 0 aliphatic carbocycles. The number of carbonyl (C=O) groups is 1. The molecular weight excluding hydrogens is 363 g/mol. The summed E-state index contributed by atoms with van der Waals surface area (Å²) in [5, 5.41) is 12.2. The number of hydrogen-bond donors (Lipinski definition) is 1. The molecule has 1 N–H and O–H groups in total. The normalized spacial score (nSPS) is 11.2. The van der Waals surface area contributed by atoms with Crippen LogP contribution in [0.25, 0.3) is 5.65 Å². The van der Waals surface area contributed by atoms with Gasteiger partial charge < -0.3 is 5.32 Å². The van der Waals surface area contributed by atoms with E-state index in [1.807, 2.05) is 19.9 Å². The average molecular weight is 381 g/mol. The summed E-state index contributed by atoms with van der Waals surface area (Å²) in [7, 11) is 0. The number of halogens is 2. The molecule has 0 spiro atoms. The highest BCUT2D eigenvalue weighted by molar-refractivity contribution is 6.41. The molecule has 0 bridgehead atoms. The van der Waals surface area contributed by atoms with Crippen molar-refractivity contribution in [2.24, 2.45) is 0 Å². The topological polar surface area (TPSA) is 77.1 Å². The molecule has 25 heavy (non-hydrogen) atoms. The number of nitrogens with one attached hydrogen (secondary N) is 1. The van der Waals surface area contributed by atoms with Crippen LogP contribution in [0, 0.1) is 20.8 Å². The Bertz CT molecular complexity index is 946.